The van der Waals surface area contributed by atoms with Crippen molar-refractivity contribution < 1.29 is 24.2 Å². The molecule has 2 aliphatic carbocycles. The lowest BCUT2D eigenvalue weighted by molar-refractivity contribution is -0.393. The molecule has 0 spiro atoms. The number of benzene rings is 2. The predicted molar refractivity (Wildman–Crippen MR) is 124 cm³/mol. The summed E-state index contributed by atoms with van der Waals surface area (Å²) in [5.74, 6) is -1.55. The van der Waals surface area contributed by atoms with Gasteiger partial charge in [0.1, 0.15) is 5.69 Å². The van der Waals surface area contributed by atoms with Crippen molar-refractivity contribution in [1.82, 2.24) is 0 Å². The molecule has 2 bridgehead atoms. The Hall–Kier alpha value is -4.67. The zero-order valence-corrected chi connectivity index (χ0v) is 18.1. The molecule has 3 aliphatic rings. The van der Waals surface area contributed by atoms with Gasteiger partial charge < -0.3 is 5.32 Å². The molecule has 5 rings (SSSR count). The molecule has 35 heavy (non-hydrogen) atoms. The van der Waals surface area contributed by atoms with Crippen LogP contribution in [-0.2, 0) is 14.4 Å². The van der Waals surface area contributed by atoms with E-state index in [9.17, 15) is 34.6 Å². The lowest BCUT2D eigenvalue weighted by atomic mass is 9.85. The van der Waals surface area contributed by atoms with Crippen molar-refractivity contribution in [3.63, 3.8) is 0 Å². The van der Waals surface area contributed by atoms with Crippen LogP contribution in [0.1, 0.15) is 12.0 Å². The van der Waals surface area contributed by atoms with Crippen LogP contribution >= 0.6 is 0 Å². The summed E-state index contributed by atoms with van der Waals surface area (Å²) >= 11 is 0. The van der Waals surface area contributed by atoms with Crippen molar-refractivity contribution >= 4 is 46.5 Å². The topological polar surface area (TPSA) is 153 Å². The van der Waals surface area contributed by atoms with E-state index in [1.807, 2.05) is 12.2 Å². The molecular weight excluding hydrogens is 456 g/mol. The van der Waals surface area contributed by atoms with E-state index in [4.69, 9.17) is 0 Å². The van der Waals surface area contributed by atoms with E-state index in [-0.39, 0.29) is 41.2 Å². The Morgan fingerprint density at radius 1 is 0.971 bits per heavy atom. The molecule has 2 aromatic carbocycles. The fourth-order valence-corrected chi connectivity index (χ4v) is 5.16. The van der Waals surface area contributed by atoms with Crippen LogP contribution in [0.15, 0.2) is 60.7 Å². The number of nitrogens with one attached hydrogen (secondary N) is 1. The van der Waals surface area contributed by atoms with Crippen LogP contribution < -0.4 is 10.2 Å². The van der Waals surface area contributed by atoms with Crippen LogP contribution in [0.2, 0.25) is 0 Å². The maximum Gasteiger partial charge on any atom is 0.299 e. The number of nitro groups is 2. The van der Waals surface area contributed by atoms with E-state index in [1.165, 1.54) is 11.0 Å². The summed E-state index contributed by atoms with van der Waals surface area (Å²) in [5, 5.41) is 24.4. The normalized spacial score (nSPS) is 24.3. The van der Waals surface area contributed by atoms with Gasteiger partial charge in [-0.05, 0) is 48.1 Å². The first-order valence-electron chi connectivity index (χ1n) is 10.8. The molecule has 3 amide bonds. The molecule has 11 heteroatoms. The molecular formula is C24H18N4O7. The Morgan fingerprint density at radius 2 is 1.66 bits per heavy atom. The minimum absolute atomic E-state index is 0.0988. The predicted octanol–water partition coefficient (Wildman–Crippen LogP) is 3.47. The molecule has 176 valence electrons. The standard InChI is InChI=1S/C24H18N4O7/c29-20(25-18-8-7-17(27(32)33)12-19(18)28(34)35)9-4-13-2-1-3-16(10-13)26-23(30)21-14-5-6-15(11-14)22(21)24(26)31/h1-10,12,14-15,21-22H,11H2,(H,25,29)/b9-4-/t14-,15-,21+,22+/m0/s1. The Bertz CT molecular complexity index is 1340. The van der Waals surface area contributed by atoms with Crippen molar-refractivity contribution in [1.29, 1.82) is 0 Å². The fourth-order valence-electron chi connectivity index (χ4n) is 5.16. The fraction of sp³-hybridized carbons (Fsp3) is 0.208. The van der Waals surface area contributed by atoms with E-state index in [0.717, 1.165) is 30.7 Å². The highest BCUT2D eigenvalue weighted by Gasteiger charge is 2.59. The van der Waals surface area contributed by atoms with Crippen molar-refractivity contribution in [3.05, 3.63) is 86.5 Å². The average molecular weight is 474 g/mol. The third kappa shape index (κ3) is 3.76. The van der Waals surface area contributed by atoms with Gasteiger partial charge in [0.15, 0.2) is 0 Å². The summed E-state index contributed by atoms with van der Waals surface area (Å²) in [7, 11) is 0. The van der Waals surface area contributed by atoms with Gasteiger partial charge in [0.2, 0.25) is 17.7 Å². The number of hydrogen-bond acceptors (Lipinski definition) is 7. The van der Waals surface area contributed by atoms with E-state index >= 15 is 0 Å². The van der Waals surface area contributed by atoms with Crippen LogP contribution in [0.3, 0.4) is 0 Å². The second-order valence-corrected chi connectivity index (χ2v) is 8.65. The second-order valence-electron chi connectivity index (χ2n) is 8.65. The number of rotatable bonds is 6. The van der Waals surface area contributed by atoms with Gasteiger partial charge in [0.05, 0.1) is 33.4 Å². The minimum Gasteiger partial charge on any atom is -0.317 e. The van der Waals surface area contributed by atoms with Gasteiger partial charge in [-0.25, -0.2) is 4.90 Å². The number of hydrogen-bond donors (Lipinski definition) is 1. The highest BCUT2D eigenvalue weighted by Crippen LogP contribution is 2.53. The zero-order chi connectivity index (χ0) is 24.9. The first-order valence-corrected chi connectivity index (χ1v) is 10.8. The van der Waals surface area contributed by atoms with E-state index in [1.54, 1.807) is 24.3 Å². The molecule has 4 atom stereocenters. The van der Waals surface area contributed by atoms with E-state index in [0.29, 0.717) is 11.3 Å². The van der Waals surface area contributed by atoms with Crippen LogP contribution in [0.5, 0.6) is 0 Å². The van der Waals surface area contributed by atoms with Crippen molar-refractivity contribution in [2.24, 2.45) is 23.7 Å². The van der Waals surface area contributed by atoms with Crippen molar-refractivity contribution in [2.75, 3.05) is 10.2 Å². The van der Waals surface area contributed by atoms with E-state index in [2.05, 4.69) is 5.32 Å². The highest BCUT2D eigenvalue weighted by atomic mass is 16.6. The molecule has 0 radical (unpaired) electrons. The molecule has 1 aliphatic heterocycles. The summed E-state index contributed by atoms with van der Waals surface area (Å²) in [5.41, 5.74) is -0.312. The minimum atomic E-state index is -0.822. The Morgan fingerprint density at radius 3 is 2.29 bits per heavy atom. The van der Waals surface area contributed by atoms with Gasteiger partial charge in [0.25, 0.3) is 11.4 Å². The van der Waals surface area contributed by atoms with Crippen LogP contribution in [0.25, 0.3) is 6.08 Å². The number of carbonyl (C=O) groups excluding carboxylic acids is 3. The summed E-state index contributed by atoms with van der Waals surface area (Å²) in [4.78, 5) is 60.1. The first-order chi connectivity index (χ1) is 16.7. The van der Waals surface area contributed by atoms with Crippen LogP contribution in [-0.4, -0.2) is 27.6 Å². The second kappa shape index (κ2) is 8.28. The van der Waals surface area contributed by atoms with Gasteiger partial charge in [-0.1, -0.05) is 24.3 Å². The quantitative estimate of drug-likeness (QED) is 0.221. The Labute approximate surface area is 198 Å². The number of fused-ring (bicyclic) bond motifs is 5. The number of imide groups is 1. The first kappa shape index (κ1) is 22.1. The van der Waals surface area contributed by atoms with Gasteiger partial charge in [-0.15, -0.1) is 0 Å². The molecule has 1 saturated carbocycles. The molecule has 11 nitrogen and oxygen atoms in total. The summed E-state index contributed by atoms with van der Waals surface area (Å²) in [6.07, 6.45) is 7.45. The van der Waals surface area contributed by atoms with Crippen LogP contribution in [0.4, 0.5) is 22.7 Å². The Balaban J connectivity index is 1.32. The van der Waals surface area contributed by atoms with Crippen molar-refractivity contribution in [2.45, 2.75) is 6.42 Å². The maximum atomic E-state index is 13.0. The molecule has 2 fully saturated rings. The van der Waals surface area contributed by atoms with Gasteiger partial charge in [-0.2, -0.15) is 0 Å². The van der Waals surface area contributed by atoms with Gasteiger partial charge in [0, 0.05) is 12.1 Å². The number of nitro benzene ring substituents is 2. The number of anilines is 2. The molecule has 0 aromatic heterocycles. The third-order valence-electron chi connectivity index (χ3n) is 6.67. The van der Waals surface area contributed by atoms with Crippen LogP contribution in [0, 0.1) is 43.9 Å². The molecule has 1 heterocycles. The molecule has 1 N–H and O–H groups in total. The number of carbonyl (C=O) groups is 3. The van der Waals surface area contributed by atoms with Crippen molar-refractivity contribution in [3.8, 4) is 0 Å². The van der Waals surface area contributed by atoms with Gasteiger partial charge in [-0.3, -0.25) is 34.6 Å². The largest absolute Gasteiger partial charge is 0.317 e. The summed E-state index contributed by atoms with van der Waals surface area (Å²) < 4.78 is 0. The SMILES string of the molecule is O=C(/C=C\c1cccc(N2C(=O)[C@H]3[C@H](C2=O)[C@H]2C=C[C@H]3C2)c1)Nc1ccc([N+](=O)[O-])cc1[N+](=O)[O-]. The molecule has 1 saturated heterocycles. The monoisotopic (exact) mass is 474 g/mol. The maximum absolute atomic E-state index is 13.0. The molecule has 0 unspecified atom stereocenters. The number of non-ortho nitro benzene ring substituents is 1. The number of allylic oxidation sites excluding steroid dienone is 2. The van der Waals surface area contributed by atoms with Gasteiger partial charge >= 0.3 is 0 Å². The lowest BCUT2D eigenvalue weighted by Crippen LogP contribution is -2.32. The smallest absolute Gasteiger partial charge is 0.299 e. The Kier molecular flexibility index (Phi) is 5.24. The number of nitrogens with zero attached hydrogens (tertiary/aromatic N) is 3. The summed E-state index contributed by atoms with van der Waals surface area (Å²) in [6, 6.07) is 9.52. The third-order valence-corrected chi connectivity index (χ3v) is 6.67. The average Bonchev–Trinajstić information content (AvgIpc) is 3.51. The summed E-state index contributed by atoms with van der Waals surface area (Å²) in [6.45, 7) is 0. The van der Waals surface area contributed by atoms with E-state index < -0.39 is 27.1 Å². The molecule has 2 aromatic rings. The highest BCUT2D eigenvalue weighted by molar-refractivity contribution is 6.23. The number of amides is 3. The lowest BCUT2D eigenvalue weighted by Gasteiger charge is -2.17. The zero-order valence-electron chi connectivity index (χ0n) is 18.1.